The van der Waals surface area contributed by atoms with Crippen molar-refractivity contribution in [3.63, 3.8) is 0 Å². The molecular weight excluding hydrogens is 342 g/mol. The first-order valence-electron chi connectivity index (χ1n) is 7.56. The van der Waals surface area contributed by atoms with Crippen LogP contribution in [-0.4, -0.2) is 35.0 Å². The summed E-state index contributed by atoms with van der Waals surface area (Å²) in [5.41, 5.74) is 2.13. The second kappa shape index (κ2) is 7.35. The number of nitrogens with zero attached hydrogens (tertiary/aromatic N) is 2. The van der Waals surface area contributed by atoms with Gasteiger partial charge in [0.2, 0.25) is 0 Å². The molecule has 2 heterocycles. The van der Waals surface area contributed by atoms with E-state index in [1.807, 2.05) is 29.0 Å². The minimum absolute atomic E-state index is 0.0233. The van der Waals surface area contributed by atoms with Gasteiger partial charge in [0.1, 0.15) is 5.75 Å². The van der Waals surface area contributed by atoms with Crippen LogP contribution >= 0.6 is 11.3 Å². The standard InChI is InChI=1S/C17H17N3O4S/c1-11-3-4-14(23-2)13(7-11)19-15(21)10-24-16(22)8-12-9-20-5-6-25-17(20)18-12/h3-7,9H,8,10H2,1-2H3,(H,19,21). The fraction of sp³-hybridized carbons (Fsp3) is 0.235. The summed E-state index contributed by atoms with van der Waals surface area (Å²) in [5.74, 6) is -0.386. The quantitative estimate of drug-likeness (QED) is 0.684. The van der Waals surface area contributed by atoms with Gasteiger partial charge in [-0.15, -0.1) is 11.3 Å². The molecule has 0 fully saturated rings. The number of carbonyl (C=O) groups is 2. The average Bonchev–Trinajstić information content (AvgIpc) is 3.14. The van der Waals surface area contributed by atoms with Crippen LogP contribution in [0.2, 0.25) is 0 Å². The Morgan fingerprint density at radius 2 is 2.20 bits per heavy atom. The van der Waals surface area contributed by atoms with E-state index < -0.39 is 11.9 Å². The molecule has 0 aliphatic heterocycles. The number of anilines is 1. The van der Waals surface area contributed by atoms with Crippen LogP contribution in [0.15, 0.2) is 36.0 Å². The number of hydrogen-bond donors (Lipinski definition) is 1. The Balaban J connectivity index is 1.52. The van der Waals surface area contributed by atoms with Gasteiger partial charge in [-0.2, -0.15) is 0 Å². The zero-order valence-corrected chi connectivity index (χ0v) is 14.6. The summed E-state index contributed by atoms with van der Waals surface area (Å²) < 4.78 is 12.1. The van der Waals surface area contributed by atoms with Crippen molar-refractivity contribution < 1.29 is 19.1 Å². The molecule has 0 saturated carbocycles. The first kappa shape index (κ1) is 17.0. The van der Waals surface area contributed by atoms with E-state index in [1.165, 1.54) is 18.4 Å². The Morgan fingerprint density at radius 3 is 2.96 bits per heavy atom. The van der Waals surface area contributed by atoms with Gasteiger partial charge in [0.05, 0.1) is 24.9 Å². The number of esters is 1. The van der Waals surface area contributed by atoms with Crippen molar-refractivity contribution in [2.75, 3.05) is 19.0 Å². The molecule has 0 aliphatic carbocycles. The van der Waals surface area contributed by atoms with Crippen molar-refractivity contribution in [2.45, 2.75) is 13.3 Å². The molecule has 8 heteroatoms. The van der Waals surface area contributed by atoms with Crippen molar-refractivity contribution >= 4 is 33.9 Å². The zero-order valence-electron chi connectivity index (χ0n) is 13.8. The minimum Gasteiger partial charge on any atom is -0.495 e. The topological polar surface area (TPSA) is 81.9 Å². The summed E-state index contributed by atoms with van der Waals surface area (Å²) in [6, 6.07) is 5.43. The van der Waals surface area contributed by atoms with Crippen molar-refractivity contribution in [3.8, 4) is 5.75 Å². The second-order valence-electron chi connectivity index (χ2n) is 5.41. The molecule has 0 unspecified atom stereocenters. The lowest BCUT2D eigenvalue weighted by atomic mass is 10.2. The summed E-state index contributed by atoms with van der Waals surface area (Å²) in [6.45, 7) is 1.54. The van der Waals surface area contributed by atoms with Crippen LogP contribution in [0.1, 0.15) is 11.3 Å². The summed E-state index contributed by atoms with van der Waals surface area (Å²) in [5, 5.41) is 4.59. The normalized spacial score (nSPS) is 10.6. The lowest BCUT2D eigenvalue weighted by molar-refractivity contribution is -0.146. The van der Waals surface area contributed by atoms with Gasteiger partial charge in [0.25, 0.3) is 5.91 Å². The van der Waals surface area contributed by atoms with E-state index in [9.17, 15) is 9.59 Å². The van der Waals surface area contributed by atoms with Gasteiger partial charge >= 0.3 is 5.97 Å². The van der Waals surface area contributed by atoms with Gasteiger partial charge in [-0.1, -0.05) is 6.07 Å². The summed E-state index contributed by atoms with van der Waals surface area (Å²) in [7, 11) is 1.52. The summed E-state index contributed by atoms with van der Waals surface area (Å²) in [4.78, 5) is 29.0. The highest BCUT2D eigenvalue weighted by Crippen LogP contribution is 2.25. The Hall–Kier alpha value is -2.87. The number of methoxy groups -OCH3 is 1. The Labute approximate surface area is 148 Å². The van der Waals surface area contributed by atoms with Crippen LogP contribution in [0.5, 0.6) is 5.75 Å². The average molecular weight is 359 g/mol. The van der Waals surface area contributed by atoms with Gasteiger partial charge in [-0.05, 0) is 24.6 Å². The molecule has 0 atom stereocenters. The highest BCUT2D eigenvalue weighted by Gasteiger charge is 2.13. The van der Waals surface area contributed by atoms with Crippen LogP contribution in [0.3, 0.4) is 0 Å². The molecular formula is C17H17N3O4S. The molecule has 0 spiro atoms. The predicted octanol–water partition coefficient (Wildman–Crippen LogP) is 2.44. The molecule has 0 aliphatic rings. The Kier molecular flexibility index (Phi) is 4.99. The fourth-order valence-electron chi connectivity index (χ4n) is 2.31. The van der Waals surface area contributed by atoms with Gasteiger partial charge in [0.15, 0.2) is 11.6 Å². The second-order valence-corrected chi connectivity index (χ2v) is 6.29. The van der Waals surface area contributed by atoms with E-state index in [0.29, 0.717) is 17.1 Å². The third kappa shape index (κ3) is 4.16. The lowest BCUT2D eigenvalue weighted by Crippen LogP contribution is -2.22. The molecule has 1 N–H and O–H groups in total. The van der Waals surface area contributed by atoms with Crippen LogP contribution in [0.25, 0.3) is 4.96 Å². The number of amides is 1. The van der Waals surface area contributed by atoms with Crippen LogP contribution < -0.4 is 10.1 Å². The number of ether oxygens (including phenoxy) is 2. The van der Waals surface area contributed by atoms with Gasteiger partial charge in [0, 0.05) is 17.8 Å². The van der Waals surface area contributed by atoms with Crippen molar-refractivity contribution in [1.29, 1.82) is 0 Å². The van der Waals surface area contributed by atoms with Crippen LogP contribution in [0, 0.1) is 6.92 Å². The molecule has 25 heavy (non-hydrogen) atoms. The highest BCUT2D eigenvalue weighted by atomic mass is 32.1. The van der Waals surface area contributed by atoms with E-state index in [4.69, 9.17) is 9.47 Å². The summed E-state index contributed by atoms with van der Waals surface area (Å²) >= 11 is 1.48. The number of thiazole rings is 1. The number of fused-ring (bicyclic) bond motifs is 1. The van der Waals surface area contributed by atoms with Gasteiger partial charge < -0.3 is 14.8 Å². The molecule has 0 radical (unpaired) electrons. The first-order valence-corrected chi connectivity index (χ1v) is 8.44. The predicted molar refractivity (Wildman–Crippen MR) is 94.1 cm³/mol. The molecule has 1 aromatic carbocycles. The molecule has 2 aromatic heterocycles. The van der Waals surface area contributed by atoms with E-state index >= 15 is 0 Å². The highest BCUT2D eigenvalue weighted by molar-refractivity contribution is 7.15. The third-order valence-corrected chi connectivity index (χ3v) is 4.23. The molecule has 0 bridgehead atoms. The fourth-order valence-corrected chi connectivity index (χ4v) is 3.03. The maximum Gasteiger partial charge on any atom is 0.312 e. The SMILES string of the molecule is COc1ccc(C)cc1NC(=O)COC(=O)Cc1cn2ccsc2n1. The molecule has 1 amide bonds. The maximum absolute atomic E-state index is 12.0. The number of hydrogen-bond acceptors (Lipinski definition) is 6. The lowest BCUT2D eigenvalue weighted by Gasteiger charge is -2.11. The number of aromatic nitrogens is 2. The van der Waals surface area contributed by atoms with E-state index in [2.05, 4.69) is 10.3 Å². The minimum atomic E-state index is -0.503. The zero-order chi connectivity index (χ0) is 17.8. The van der Waals surface area contributed by atoms with Crippen molar-refractivity contribution in [2.24, 2.45) is 0 Å². The molecule has 130 valence electrons. The van der Waals surface area contributed by atoms with E-state index in [0.717, 1.165) is 10.5 Å². The number of imidazole rings is 1. The van der Waals surface area contributed by atoms with Gasteiger partial charge in [-0.25, -0.2) is 4.98 Å². The number of aryl methyl sites for hydroxylation is 1. The number of benzene rings is 1. The molecule has 3 aromatic rings. The Morgan fingerprint density at radius 1 is 1.36 bits per heavy atom. The van der Waals surface area contributed by atoms with Crippen LogP contribution in [0.4, 0.5) is 5.69 Å². The van der Waals surface area contributed by atoms with E-state index in [1.54, 1.807) is 18.3 Å². The largest absolute Gasteiger partial charge is 0.495 e. The first-order chi connectivity index (χ1) is 12.0. The third-order valence-electron chi connectivity index (χ3n) is 3.46. The summed E-state index contributed by atoms with van der Waals surface area (Å²) in [6.07, 6.45) is 3.66. The smallest absolute Gasteiger partial charge is 0.312 e. The molecule has 3 rings (SSSR count). The number of rotatable bonds is 6. The van der Waals surface area contributed by atoms with Crippen molar-refractivity contribution in [3.05, 3.63) is 47.2 Å². The van der Waals surface area contributed by atoms with Crippen LogP contribution in [-0.2, 0) is 20.7 Å². The molecule has 0 saturated heterocycles. The maximum atomic E-state index is 12.0. The monoisotopic (exact) mass is 359 g/mol. The Bertz CT molecular complexity index is 887. The molecule has 7 nitrogen and oxygen atoms in total. The van der Waals surface area contributed by atoms with Crippen molar-refractivity contribution in [1.82, 2.24) is 9.38 Å². The van der Waals surface area contributed by atoms with Gasteiger partial charge in [-0.3, -0.25) is 14.0 Å². The number of nitrogens with one attached hydrogen (secondary N) is 1. The number of carbonyl (C=O) groups excluding carboxylic acids is 2. The van der Waals surface area contributed by atoms with E-state index in [-0.39, 0.29) is 13.0 Å².